The Morgan fingerprint density at radius 2 is 2.05 bits per heavy atom. The maximum absolute atomic E-state index is 12.3. The molecule has 0 bridgehead atoms. The summed E-state index contributed by atoms with van der Waals surface area (Å²) in [5, 5.41) is -0.0961. The lowest BCUT2D eigenvalue weighted by Gasteiger charge is -2.14. The number of nitrogens with two attached hydrogens (primary N) is 1. The van der Waals surface area contributed by atoms with Crippen molar-refractivity contribution in [3.8, 4) is 16.9 Å². The number of carbonyl (C=O) groups excluding carboxylic acids is 1. The van der Waals surface area contributed by atoms with E-state index >= 15 is 0 Å². The number of aromatic nitrogens is 2. The van der Waals surface area contributed by atoms with Gasteiger partial charge in [0.15, 0.2) is 6.61 Å². The molecular weight excluding hydrogens is 323 g/mol. The first-order valence-electron chi connectivity index (χ1n) is 5.88. The molecule has 0 atom stereocenters. The molecule has 2 N–H and O–H groups in total. The summed E-state index contributed by atoms with van der Waals surface area (Å²) >= 11 is 5.95. The Morgan fingerprint density at radius 1 is 1.32 bits per heavy atom. The van der Waals surface area contributed by atoms with E-state index in [-0.39, 0.29) is 27.6 Å². The van der Waals surface area contributed by atoms with Crippen molar-refractivity contribution in [3.63, 3.8) is 0 Å². The Labute approximate surface area is 127 Å². The molecule has 0 aliphatic rings. The molecule has 0 aliphatic heterocycles. The van der Waals surface area contributed by atoms with Gasteiger partial charge in [-0.25, -0.2) is 4.98 Å². The summed E-state index contributed by atoms with van der Waals surface area (Å²) in [6.07, 6.45) is -0.769. The van der Waals surface area contributed by atoms with E-state index in [1.165, 1.54) is 30.7 Å². The summed E-state index contributed by atoms with van der Waals surface area (Å²) in [7, 11) is 0. The third-order valence-electron chi connectivity index (χ3n) is 2.61. The molecule has 22 heavy (non-hydrogen) atoms. The molecule has 0 aromatic carbocycles. The molecule has 0 aliphatic carbocycles. The van der Waals surface area contributed by atoms with E-state index in [9.17, 15) is 18.0 Å². The molecule has 5 nitrogen and oxygen atoms in total. The van der Waals surface area contributed by atoms with Crippen LogP contribution in [0.5, 0.6) is 5.75 Å². The number of halogens is 4. The number of amides is 1. The largest absolute Gasteiger partial charge is 0.483 e. The van der Waals surface area contributed by atoms with E-state index in [1.54, 1.807) is 0 Å². The Morgan fingerprint density at radius 3 is 2.68 bits per heavy atom. The van der Waals surface area contributed by atoms with Crippen molar-refractivity contribution in [1.29, 1.82) is 0 Å². The SMILES string of the molecule is NC(=O)c1ccnc(Cl)c1-c1cnccc1OCC(F)(F)F. The number of hydrogen-bond donors (Lipinski definition) is 1. The highest BCUT2D eigenvalue weighted by molar-refractivity contribution is 6.33. The number of alkyl halides is 3. The number of rotatable bonds is 4. The molecule has 1 amide bonds. The van der Waals surface area contributed by atoms with Crippen LogP contribution >= 0.6 is 11.6 Å². The van der Waals surface area contributed by atoms with Crippen molar-refractivity contribution >= 4 is 17.5 Å². The van der Waals surface area contributed by atoms with Crippen molar-refractivity contribution in [3.05, 3.63) is 41.4 Å². The molecule has 2 heterocycles. The Balaban J connectivity index is 2.52. The minimum atomic E-state index is -4.51. The summed E-state index contributed by atoms with van der Waals surface area (Å²) in [4.78, 5) is 19.1. The van der Waals surface area contributed by atoms with Gasteiger partial charge in [-0.2, -0.15) is 13.2 Å². The van der Waals surface area contributed by atoms with E-state index in [0.717, 1.165) is 0 Å². The molecule has 0 unspecified atom stereocenters. The van der Waals surface area contributed by atoms with Crippen LogP contribution in [-0.4, -0.2) is 28.7 Å². The zero-order valence-electron chi connectivity index (χ0n) is 10.9. The standard InChI is InChI=1S/C13H9ClF3N3O2/c14-11-10(7(12(18)21)1-4-20-11)8-5-19-3-2-9(8)22-6-13(15,16)17/h1-5H,6H2,(H2,18,21). The lowest BCUT2D eigenvalue weighted by atomic mass is 10.0. The van der Waals surface area contributed by atoms with Crippen molar-refractivity contribution in [2.24, 2.45) is 5.73 Å². The number of primary amides is 1. The molecule has 2 aromatic rings. The normalized spacial score (nSPS) is 11.3. The number of pyridine rings is 2. The van der Waals surface area contributed by atoms with Gasteiger partial charge in [0.25, 0.3) is 0 Å². The zero-order valence-corrected chi connectivity index (χ0v) is 11.6. The van der Waals surface area contributed by atoms with Crippen LogP contribution < -0.4 is 10.5 Å². The first kappa shape index (κ1) is 16.0. The maximum atomic E-state index is 12.3. The Hall–Kier alpha value is -2.35. The monoisotopic (exact) mass is 331 g/mol. The van der Waals surface area contributed by atoms with Crippen molar-refractivity contribution in [2.45, 2.75) is 6.18 Å². The molecule has 0 spiro atoms. The van der Waals surface area contributed by atoms with Crippen molar-refractivity contribution < 1.29 is 22.7 Å². The molecule has 0 radical (unpaired) electrons. The lowest BCUT2D eigenvalue weighted by Crippen LogP contribution is -2.19. The van der Waals surface area contributed by atoms with E-state index in [4.69, 9.17) is 22.1 Å². The molecule has 9 heteroatoms. The number of ether oxygens (including phenoxy) is 1. The van der Waals surface area contributed by atoms with Crippen LogP contribution in [0.3, 0.4) is 0 Å². The van der Waals surface area contributed by atoms with Gasteiger partial charge in [0.05, 0.1) is 5.56 Å². The second-order valence-electron chi connectivity index (χ2n) is 4.16. The fourth-order valence-corrected chi connectivity index (χ4v) is 2.01. The van der Waals surface area contributed by atoms with Gasteiger partial charge in [0, 0.05) is 29.7 Å². The van der Waals surface area contributed by atoms with E-state index in [0.29, 0.717) is 0 Å². The molecular formula is C13H9ClF3N3O2. The summed E-state index contributed by atoms with van der Waals surface area (Å²) in [6.45, 7) is -1.49. The molecule has 0 fully saturated rings. The second kappa shape index (κ2) is 6.18. The van der Waals surface area contributed by atoms with Gasteiger partial charge in [-0.05, 0) is 12.1 Å². The summed E-state index contributed by atoms with van der Waals surface area (Å²) in [5.41, 5.74) is 5.42. The second-order valence-corrected chi connectivity index (χ2v) is 4.52. The molecule has 116 valence electrons. The highest BCUT2D eigenvalue weighted by Crippen LogP contribution is 2.36. The molecule has 2 aromatic heterocycles. The smallest absolute Gasteiger partial charge is 0.422 e. The van der Waals surface area contributed by atoms with Crippen molar-refractivity contribution in [1.82, 2.24) is 9.97 Å². The van der Waals surface area contributed by atoms with Gasteiger partial charge in [-0.3, -0.25) is 9.78 Å². The summed E-state index contributed by atoms with van der Waals surface area (Å²) in [6, 6.07) is 2.54. The fraction of sp³-hybridized carbons (Fsp3) is 0.154. The Bertz CT molecular complexity index is 707. The third-order valence-corrected chi connectivity index (χ3v) is 2.90. The quantitative estimate of drug-likeness (QED) is 0.874. The van der Waals surface area contributed by atoms with E-state index in [1.807, 2.05) is 0 Å². The van der Waals surface area contributed by atoms with Crippen LogP contribution in [0.15, 0.2) is 30.7 Å². The van der Waals surface area contributed by atoms with E-state index < -0.39 is 18.7 Å². The number of hydrogen-bond acceptors (Lipinski definition) is 4. The number of carbonyl (C=O) groups is 1. The average Bonchev–Trinajstić information content (AvgIpc) is 2.44. The maximum Gasteiger partial charge on any atom is 0.422 e. The van der Waals surface area contributed by atoms with Crippen LogP contribution in [0.1, 0.15) is 10.4 Å². The summed E-state index contributed by atoms with van der Waals surface area (Å²) in [5.74, 6) is -0.936. The zero-order chi connectivity index (χ0) is 16.3. The highest BCUT2D eigenvalue weighted by atomic mass is 35.5. The lowest BCUT2D eigenvalue weighted by molar-refractivity contribution is -0.153. The van der Waals surface area contributed by atoms with Gasteiger partial charge in [0.1, 0.15) is 10.9 Å². The van der Waals surface area contributed by atoms with Crippen LogP contribution in [0.2, 0.25) is 5.15 Å². The number of nitrogens with zero attached hydrogens (tertiary/aromatic N) is 2. The van der Waals surface area contributed by atoms with Gasteiger partial charge in [-0.15, -0.1) is 0 Å². The minimum absolute atomic E-state index is 0.00450. The van der Waals surface area contributed by atoms with Crippen LogP contribution in [-0.2, 0) is 0 Å². The Kier molecular flexibility index (Phi) is 4.51. The predicted octanol–water partition coefficient (Wildman–Crippen LogP) is 2.84. The van der Waals surface area contributed by atoms with Crippen molar-refractivity contribution in [2.75, 3.05) is 6.61 Å². The summed E-state index contributed by atoms with van der Waals surface area (Å²) < 4.78 is 41.7. The van der Waals surface area contributed by atoms with Crippen LogP contribution in [0.4, 0.5) is 13.2 Å². The highest BCUT2D eigenvalue weighted by Gasteiger charge is 2.29. The first-order chi connectivity index (χ1) is 10.3. The van der Waals surface area contributed by atoms with Gasteiger partial charge in [0.2, 0.25) is 5.91 Å². The molecule has 0 saturated heterocycles. The fourth-order valence-electron chi connectivity index (χ4n) is 1.75. The van der Waals surface area contributed by atoms with Crippen LogP contribution in [0.25, 0.3) is 11.1 Å². The molecule has 2 rings (SSSR count). The third kappa shape index (κ3) is 3.64. The van der Waals surface area contributed by atoms with Crippen LogP contribution in [0, 0.1) is 0 Å². The minimum Gasteiger partial charge on any atom is -0.483 e. The molecule has 0 saturated carbocycles. The van der Waals surface area contributed by atoms with Gasteiger partial charge in [-0.1, -0.05) is 11.6 Å². The topological polar surface area (TPSA) is 78.1 Å². The van der Waals surface area contributed by atoms with E-state index in [2.05, 4.69) is 9.97 Å². The first-order valence-corrected chi connectivity index (χ1v) is 6.25. The van der Waals surface area contributed by atoms with Gasteiger partial charge >= 0.3 is 6.18 Å². The average molecular weight is 332 g/mol. The predicted molar refractivity (Wildman–Crippen MR) is 72.5 cm³/mol. The van der Waals surface area contributed by atoms with Gasteiger partial charge < -0.3 is 10.5 Å².